The number of nitrogens with zero attached hydrogens (tertiary/aromatic N) is 4. The monoisotopic (exact) mass is 322 g/mol. The molecular formula is C19H19FN4. The van der Waals surface area contributed by atoms with E-state index >= 15 is 0 Å². The number of rotatable bonds is 3. The van der Waals surface area contributed by atoms with Crippen LogP contribution in [0.4, 0.5) is 4.39 Å². The molecule has 0 bridgehead atoms. The smallest absolute Gasteiger partial charge is 0.145 e. The lowest BCUT2D eigenvalue weighted by molar-refractivity contribution is 0.0236. The first-order valence-electron chi connectivity index (χ1n) is 8.32. The zero-order chi connectivity index (χ0) is 16.8. The quantitative estimate of drug-likeness (QED) is 0.854. The molecule has 1 saturated carbocycles. The Bertz CT molecular complexity index is 826. The van der Waals surface area contributed by atoms with Crippen LogP contribution in [0.25, 0.3) is 0 Å². The maximum atomic E-state index is 13.4. The predicted molar refractivity (Wildman–Crippen MR) is 90.2 cm³/mol. The first kappa shape index (κ1) is 15.1. The topological polar surface area (TPSA) is 42.6 Å². The van der Waals surface area contributed by atoms with Crippen LogP contribution in [0, 0.1) is 23.1 Å². The highest BCUT2D eigenvalue weighted by Gasteiger charge is 2.38. The highest BCUT2D eigenvalue weighted by Crippen LogP contribution is 2.39. The van der Waals surface area contributed by atoms with Crippen molar-refractivity contribution >= 4 is 5.71 Å². The summed E-state index contributed by atoms with van der Waals surface area (Å²) in [7, 11) is 0. The number of benzene rings is 1. The molecule has 1 aromatic rings. The lowest BCUT2D eigenvalue weighted by Gasteiger charge is -2.37. The van der Waals surface area contributed by atoms with Crippen LogP contribution in [0.2, 0.25) is 0 Å². The zero-order valence-corrected chi connectivity index (χ0v) is 13.8. The molecule has 1 atom stereocenters. The van der Waals surface area contributed by atoms with Gasteiger partial charge in [-0.1, -0.05) is 0 Å². The number of fused-ring (bicyclic) bond motifs is 1. The van der Waals surface area contributed by atoms with Gasteiger partial charge in [0.25, 0.3) is 0 Å². The third-order valence-corrected chi connectivity index (χ3v) is 5.00. The summed E-state index contributed by atoms with van der Waals surface area (Å²) in [5, 5.41) is 13.8. The summed E-state index contributed by atoms with van der Waals surface area (Å²) in [4.78, 5) is 4.73. The van der Waals surface area contributed by atoms with E-state index < -0.39 is 5.82 Å². The van der Waals surface area contributed by atoms with Crippen LogP contribution < -0.4 is 0 Å². The molecule has 0 aromatic heterocycles. The van der Waals surface area contributed by atoms with E-state index in [9.17, 15) is 9.65 Å². The number of halogens is 1. The molecule has 2 aliphatic heterocycles. The van der Waals surface area contributed by atoms with Crippen molar-refractivity contribution in [1.82, 2.24) is 10.0 Å². The summed E-state index contributed by atoms with van der Waals surface area (Å²) >= 11 is 0. The van der Waals surface area contributed by atoms with Gasteiger partial charge in [-0.05, 0) is 63.0 Å². The summed E-state index contributed by atoms with van der Waals surface area (Å²) < 4.78 is 13.4. The molecular weight excluding hydrogens is 303 g/mol. The van der Waals surface area contributed by atoms with E-state index in [1.54, 1.807) is 6.07 Å². The van der Waals surface area contributed by atoms with Crippen LogP contribution in [0.5, 0.6) is 0 Å². The highest BCUT2D eigenvalue weighted by atomic mass is 19.1. The van der Waals surface area contributed by atoms with Gasteiger partial charge in [-0.25, -0.2) is 14.4 Å². The fraction of sp³-hybridized carbons (Fsp3) is 0.368. The van der Waals surface area contributed by atoms with Gasteiger partial charge in [0.2, 0.25) is 0 Å². The minimum atomic E-state index is -0.404. The van der Waals surface area contributed by atoms with Crippen molar-refractivity contribution in [2.75, 3.05) is 6.54 Å². The summed E-state index contributed by atoms with van der Waals surface area (Å²) in [6, 6.07) is 6.83. The Hall–Kier alpha value is -2.45. The SMILES string of the molecule is CC1=CC(c2ccc(F)cc2C#N)=NC2=CCN([C@H](C)C3CC3)N12. The molecule has 122 valence electrons. The van der Waals surface area contributed by atoms with Gasteiger partial charge in [0.05, 0.1) is 17.3 Å². The van der Waals surface area contributed by atoms with E-state index in [2.05, 4.69) is 36.0 Å². The van der Waals surface area contributed by atoms with E-state index in [0.717, 1.165) is 24.0 Å². The van der Waals surface area contributed by atoms with Gasteiger partial charge in [0, 0.05) is 23.8 Å². The zero-order valence-electron chi connectivity index (χ0n) is 13.8. The summed E-state index contributed by atoms with van der Waals surface area (Å²) in [6.45, 7) is 5.17. The van der Waals surface area contributed by atoms with Gasteiger partial charge in [0.1, 0.15) is 11.6 Å². The van der Waals surface area contributed by atoms with Gasteiger partial charge in [-0.2, -0.15) is 5.26 Å². The number of hydrogen-bond donors (Lipinski definition) is 0. The van der Waals surface area contributed by atoms with Crippen molar-refractivity contribution in [2.45, 2.75) is 32.7 Å². The second-order valence-electron chi connectivity index (χ2n) is 6.66. The van der Waals surface area contributed by atoms with E-state index in [1.807, 2.05) is 6.08 Å². The van der Waals surface area contributed by atoms with E-state index in [1.165, 1.54) is 25.0 Å². The fourth-order valence-corrected chi connectivity index (χ4v) is 3.51. The van der Waals surface area contributed by atoms with Crippen molar-refractivity contribution in [3.63, 3.8) is 0 Å². The minimum Gasteiger partial charge on any atom is -0.261 e. The molecule has 4 rings (SSSR count). The number of hydrazine groups is 1. The molecule has 24 heavy (non-hydrogen) atoms. The second-order valence-corrected chi connectivity index (χ2v) is 6.66. The second kappa shape index (κ2) is 5.57. The Morgan fingerprint density at radius 2 is 2.17 bits per heavy atom. The fourth-order valence-electron chi connectivity index (χ4n) is 3.51. The predicted octanol–water partition coefficient (Wildman–Crippen LogP) is 3.58. The first-order valence-corrected chi connectivity index (χ1v) is 8.32. The Labute approximate surface area is 141 Å². The van der Waals surface area contributed by atoms with Gasteiger partial charge in [0.15, 0.2) is 0 Å². The van der Waals surface area contributed by atoms with Crippen LogP contribution in [-0.4, -0.2) is 28.3 Å². The van der Waals surface area contributed by atoms with E-state index in [0.29, 0.717) is 22.9 Å². The first-order chi connectivity index (χ1) is 11.6. The molecule has 1 aliphatic carbocycles. The summed E-state index contributed by atoms with van der Waals surface area (Å²) in [5.41, 5.74) is 2.78. The van der Waals surface area contributed by atoms with Crippen LogP contribution in [0.15, 0.2) is 46.9 Å². The molecule has 0 N–H and O–H groups in total. The van der Waals surface area contributed by atoms with Crippen molar-refractivity contribution < 1.29 is 4.39 Å². The molecule has 0 radical (unpaired) electrons. The van der Waals surface area contributed by atoms with Crippen LogP contribution in [0.1, 0.15) is 37.8 Å². The normalized spacial score (nSPS) is 21.6. The van der Waals surface area contributed by atoms with Crippen molar-refractivity contribution in [3.05, 3.63) is 58.8 Å². The van der Waals surface area contributed by atoms with Crippen LogP contribution in [-0.2, 0) is 0 Å². The minimum absolute atomic E-state index is 0.313. The Kier molecular flexibility index (Phi) is 3.50. The van der Waals surface area contributed by atoms with Gasteiger partial charge in [-0.3, -0.25) is 5.01 Å². The summed E-state index contributed by atoms with van der Waals surface area (Å²) in [6.07, 6.45) is 6.70. The molecule has 5 heteroatoms. The molecule has 0 unspecified atom stereocenters. The van der Waals surface area contributed by atoms with Gasteiger partial charge < -0.3 is 0 Å². The number of allylic oxidation sites excluding steroid dienone is 2. The molecule has 0 saturated heterocycles. The van der Waals surface area contributed by atoms with Crippen LogP contribution >= 0.6 is 0 Å². The maximum absolute atomic E-state index is 13.4. The summed E-state index contributed by atoms with van der Waals surface area (Å²) in [5.74, 6) is 1.27. The third-order valence-electron chi connectivity index (χ3n) is 5.00. The number of hydrogen-bond acceptors (Lipinski definition) is 4. The highest BCUT2D eigenvalue weighted by molar-refractivity contribution is 6.11. The van der Waals surface area contributed by atoms with Crippen molar-refractivity contribution in [2.24, 2.45) is 10.9 Å². The Morgan fingerprint density at radius 3 is 2.88 bits per heavy atom. The number of nitriles is 1. The molecule has 4 nitrogen and oxygen atoms in total. The lowest BCUT2D eigenvalue weighted by atomic mass is 10.0. The molecule has 1 aromatic carbocycles. The number of aliphatic imine (C=N–C) groups is 1. The van der Waals surface area contributed by atoms with Gasteiger partial charge >= 0.3 is 0 Å². The van der Waals surface area contributed by atoms with E-state index in [4.69, 9.17) is 4.99 Å². The molecule has 2 heterocycles. The standard InChI is InChI=1S/C19H19FN4/c1-12-9-18(17-6-5-16(20)10-15(17)11-21)22-19-7-8-23(24(12)19)13(2)14-3-4-14/h5-7,9-10,13-14H,3-4,8H2,1-2H3/t13-/m1/s1. The van der Waals surface area contributed by atoms with Gasteiger partial charge in [-0.15, -0.1) is 0 Å². The third kappa shape index (κ3) is 2.44. The average molecular weight is 322 g/mol. The molecule has 1 fully saturated rings. The lowest BCUT2D eigenvalue weighted by Crippen LogP contribution is -2.44. The van der Waals surface area contributed by atoms with E-state index in [-0.39, 0.29) is 0 Å². The largest absolute Gasteiger partial charge is 0.261 e. The Balaban J connectivity index is 1.68. The maximum Gasteiger partial charge on any atom is 0.145 e. The van der Waals surface area contributed by atoms with Crippen LogP contribution in [0.3, 0.4) is 0 Å². The molecule has 3 aliphatic rings. The van der Waals surface area contributed by atoms with Crippen molar-refractivity contribution in [3.8, 4) is 6.07 Å². The molecule has 0 amide bonds. The Morgan fingerprint density at radius 1 is 1.38 bits per heavy atom. The van der Waals surface area contributed by atoms with Crippen molar-refractivity contribution in [1.29, 1.82) is 5.26 Å². The molecule has 0 spiro atoms. The average Bonchev–Trinajstić information content (AvgIpc) is 3.33.